The Kier molecular flexibility index (Phi) is 6.49. The van der Waals surface area contributed by atoms with Crippen molar-refractivity contribution in [3.05, 3.63) is 54.1 Å². The fourth-order valence-corrected chi connectivity index (χ4v) is 2.26. The van der Waals surface area contributed by atoms with Crippen LogP contribution in [0.5, 0.6) is 11.5 Å². The fraction of sp³-hybridized carbons (Fsp3) is 0.316. The van der Waals surface area contributed by atoms with Crippen LogP contribution >= 0.6 is 0 Å². The third-order valence-electron chi connectivity index (χ3n) is 3.44. The normalized spacial score (nSPS) is 10.3. The predicted octanol–water partition coefficient (Wildman–Crippen LogP) is 4.37. The molecule has 0 spiro atoms. The van der Waals surface area contributed by atoms with Gasteiger partial charge in [0, 0.05) is 5.69 Å². The molecule has 2 rings (SSSR count). The SMILES string of the molecule is CCOc1ccc(OCNC(=O)Nc2ccccc2C(C)C)cc1. The molecular weight excluding hydrogens is 304 g/mol. The van der Waals surface area contributed by atoms with Crippen LogP contribution in [0.1, 0.15) is 32.3 Å². The highest BCUT2D eigenvalue weighted by Gasteiger charge is 2.08. The second kappa shape index (κ2) is 8.82. The van der Waals surface area contributed by atoms with Gasteiger partial charge in [0.25, 0.3) is 0 Å². The van der Waals surface area contributed by atoms with Crippen LogP contribution in [0, 0.1) is 0 Å². The standard InChI is InChI=1S/C19H24N2O3/c1-4-23-15-9-11-16(12-10-15)24-13-20-19(22)21-18-8-6-5-7-17(18)14(2)3/h5-12,14H,4,13H2,1-3H3,(H2,20,21,22). The van der Waals surface area contributed by atoms with Gasteiger partial charge in [-0.1, -0.05) is 32.0 Å². The molecule has 0 radical (unpaired) electrons. The van der Waals surface area contributed by atoms with Crippen molar-refractivity contribution in [1.29, 1.82) is 0 Å². The van der Waals surface area contributed by atoms with Gasteiger partial charge in [-0.2, -0.15) is 0 Å². The molecule has 0 aliphatic carbocycles. The lowest BCUT2D eigenvalue weighted by Gasteiger charge is -2.14. The number of carbonyl (C=O) groups is 1. The zero-order valence-electron chi connectivity index (χ0n) is 14.3. The maximum atomic E-state index is 12.0. The molecule has 0 atom stereocenters. The van der Waals surface area contributed by atoms with Crippen molar-refractivity contribution in [2.24, 2.45) is 0 Å². The van der Waals surface area contributed by atoms with Crippen molar-refractivity contribution < 1.29 is 14.3 Å². The number of carbonyl (C=O) groups excluding carboxylic acids is 1. The Labute approximate surface area is 143 Å². The lowest BCUT2D eigenvalue weighted by molar-refractivity contribution is 0.234. The summed E-state index contributed by atoms with van der Waals surface area (Å²) in [4.78, 5) is 12.0. The van der Waals surface area contributed by atoms with Gasteiger partial charge in [0.2, 0.25) is 0 Å². The van der Waals surface area contributed by atoms with Crippen molar-refractivity contribution in [3.63, 3.8) is 0 Å². The van der Waals surface area contributed by atoms with E-state index in [1.54, 1.807) is 12.1 Å². The van der Waals surface area contributed by atoms with Gasteiger partial charge in [-0.3, -0.25) is 0 Å². The molecule has 0 bridgehead atoms. The quantitative estimate of drug-likeness (QED) is 0.742. The lowest BCUT2D eigenvalue weighted by Crippen LogP contribution is -2.32. The zero-order chi connectivity index (χ0) is 17.4. The van der Waals surface area contributed by atoms with Crippen LogP contribution in [-0.4, -0.2) is 19.4 Å². The summed E-state index contributed by atoms with van der Waals surface area (Å²) in [5, 5.41) is 5.54. The first-order valence-corrected chi connectivity index (χ1v) is 8.09. The largest absolute Gasteiger partial charge is 0.494 e. The van der Waals surface area contributed by atoms with Gasteiger partial charge in [-0.05, 0) is 48.7 Å². The zero-order valence-corrected chi connectivity index (χ0v) is 14.3. The number of amides is 2. The van der Waals surface area contributed by atoms with Gasteiger partial charge in [-0.25, -0.2) is 4.79 Å². The van der Waals surface area contributed by atoms with Crippen LogP contribution in [0.4, 0.5) is 10.5 Å². The van der Waals surface area contributed by atoms with Crippen molar-refractivity contribution >= 4 is 11.7 Å². The van der Waals surface area contributed by atoms with Gasteiger partial charge in [0.15, 0.2) is 6.73 Å². The van der Waals surface area contributed by atoms with Crippen molar-refractivity contribution in [1.82, 2.24) is 5.32 Å². The Balaban J connectivity index is 1.81. The molecule has 0 aliphatic heterocycles. The summed E-state index contributed by atoms with van der Waals surface area (Å²) in [7, 11) is 0. The third kappa shape index (κ3) is 5.19. The van der Waals surface area contributed by atoms with E-state index in [0.717, 1.165) is 17.0 Å². The van der Waals surface area contributed by atoms with Crippen LogP contribution in [0.2, 0.25) is 0 Å². The number of para-hydroxylation sites is 1. The van der Waals surface area contributed by atoms with Crippen LogP contribution in [0.3, 0.4) is 0 Å². The number of ether oxygens (including phenoxy) is 2. The Bertz CT molecular complexity index is 654. The van der Waals surface area contributed by atoms with E-state index in [1.165, 1.54) is 0 Å². The van der Waals surface area contributed by atoms with E-state index in [-0.39, 0.29) is 12.8 Å². The third-order valence-corrected chi connectivity index (χ3v) is 3.44. The van der Waals surface area contributed by atoms with Crippen LogP contribution in [-0.2, 0) is 0 Å². The topological polar surface area (TPSA) is 59.6 Å². The number of anilines is 1. The molecule has 0 saturated heterocycles. The van der Waals surface area contributed by atoms with Crippen molar-refractivity contribution in [3.8, 4) is 11.5 Å². The lowest BCUT2D eigenvalue weighted by atomic mass is 10.0. The molecule has 0 aliphatic rings. The minimum atomic E-state index is -0.297. The number of rotatable bonds is 7. The number of benzene rings is 2. The van der Waals surface area contributed by atoms with E-state index in [1.807, 2.05) is 43.3 Å². The molecule has 0 unspecified atom stereocenters. The predicted molar refractivity (Wildman–Crippen MR) is 95.8 cm³/mol. The number of nitrogens with one attached hydrogen (secondary N) is 2. The second-order valence-corrected chi connectivity index (χ2v) is 5.57. The van der Waals surface area contributed by atoms with Crippen molar-refractivity contribution in [2.75, 3.05) is 18.7 Å². The van der Waals surface area contributed by atoms with Gasteiger partial charge in [-0.15, -0.1) is 0 Å². The monoisotopic (exact) mass is 328 g/mol. The Morgan fingerprint density at radius 2 is 1.62 bits per heavy atom. The Hall–Kier alpha value is -2.69. The van der Waals surface area contributed by atoms with Crippen molar-refractivity contribution in [2.45, 2.75) is 26.7 Å². The molecule has 0 heterocycles. The maximum absolute atomic E-state index is 12.0. The number of hydrogen-bond acceptors (Lipinski definition) is 3. The molecule has 24 heavy (non-hydrogen) atoms. The first-order chi connectivity index (χ1) is 11.6. The molecule has 5 heteroatoms. The number of hydrogen-bond donors (Lipinski definition) is 2. The fourth-order valence-electron chi connectivity index (χ4n) is 2.26. The van der Waals surface area contributed by atoms with Crippen LogP contribution in [0.15, 0.2) is 48.5 Å². The minimum Gasteiger partial charge on any atom is -0.494 e. The summed E-state index contributed by atoms with van der Waals surface area (Å²) in [5.41, 5.74) is 1.91. The molecule has 0 fully saturated rings. The smallest absolute Gasteiger partial charge is 0.321 e. The second-order valence-electron chi connectivity index (χ2n) is 5.57. The summed E-state index contributed by atoms with van der Waals surface area (Å²) in [5.74, 6) is 1.80. The van der Waals surface area contributed by atoms with E-state index in [4.69, 9.17) is 9.47 Å². The average Bonchev–Trinajstić information content (AvgIpc) is 2.57. The van der Waals surface area contributed by atoms with E-state index in [0.29, 0.717) is 18.3 Å². The highest BCUT2D eigenvalue weighted by Crippen LogP contribution is 2.23. The molecule has 2 aromatic carbocycles. The van der Waals surface area contributed by atoms with E-state index in [9.17, 15) is 4.79 Å². The molecule has 0 aromatic heterocycles. The first-order valence-electron chi connectivity index (χ1n) is 8.09. The summed E-state index contributed by atoms with van der Waals surface area (Å²) in [6.07, 6.45) is 0. The Morgan fingerprint density at radius 1 is 1.00 bits per heavy atom. The molecule has 2 amide bonds. The number of urea groups is 1. The molecule has 2 aromatic rings. The summed E-state index contributed by atoms with van der Waals surface area (Å²) in [6, 6.07) is 14.7. The van der Waals surface area contributed by atoms with E-state index >= 15 is 0 Å². The van der Waals surface area contributed by atoms with E-state index < -0.39 is 0 Å². The Morgan fingerprint density at radius 3 is 2.25 bits per heavy atom. The maximum Gasteiger partial charge on any atom is 0.321 e. The molecule has 5 nitrogen and oxygen atoms in total. The van der Waals surface area contributed by atoms with Crippen LogP contribution < -0.4 is 20.1 Å². The van der Waals surface area contributed by atoms with Crippen LogP contribution in [0.25, 0.3) is 0 Å². The summed E-state index contributed by atoms with van der Waals surface area (Å²) >= 11 is 0. The van der Waals surface area contributed by atoms with Gasteiger partial charge >= 0.3 is 6.03 Å². The first kappa shape index (κ1) is 17.7. The molecular formula is C19H24N2O3. The average molecular weight is 328 g/mol. The highest BCUT2D eigenvalue weighted by molar-refractivity contribution is 5.90. The van der Waals surface area contributed by atoms with Gasteiger partial charge in [0.1, 0.15) is 11.5 Å². The minimum absolute atomic E-state index is 0.0870. The summed E-state index contributed by atoms with van der Waals surface area (Å²) < 4.78 is 10.9. The molecule has 128 valence electrons. The van der Waals surface area contributed by atoms with E-state index in [2.05, 4.69) is 24.5 Å². The van der Waals surface area contributed by atoms with Gasteiger partial charge in [0.05, 0.1) is 6.61 Å². The molecule has 0 saturated carbocycles. The molecule has 2 N–H and O–H groups in total. The summed E-state index contributed by atoms with van der Waals surface area (Å²) in [6.45, 7) is 6.83. The highest BCUT2D eigenvalue weighted by atomic mass is 16.5. The van der Waals surface area contributed by atoms with Gasteiger partial charge < -0.3 is 20.1 Å².